The Bertz CT molecular complexity index is 280. The van der Waals surface area contributed by atoms with Crippen LogP contribution in [0, 0.1) is 5.92 Å². The fourth-order valence-electron chi connectivity index (χ4n) is 3.00. The zero-order chi connectivity index (χ0) is 13.0. The number of carbonyl (C=O) groups is 1. The van der Waals surface area contributed by atoms with Gasteiger partial charge < -0.3 is 15.5 Å². The molecule has 0 saturated carbocycles. The summed E-state index contributed by atoms with van der Waals surface area (Å²) in [4.78, 5) is 14.6. The van der Waals surface area contributed by atoms with Gasteiger partial charge in [-0.2, -0.15) is 0 Å². The van der Waals surface area contributed by atoms with Crippen LogP contribution in [0.1, 0.15) is 39.5 Å². The first-order valence-electron chi connectivity index (χ1n) is 7.45. The van der Waals surface area contributed by atoms with Gasteiger partial charge in [-0.3, -0.25) is 4.79 Å². The molecule has 19 heavy (non-hydrogen) atoms. The predicted octanol–water partition coefficient (Wildman–Crippen LogP) is 1.40. The van der Waals surface area contributed by atoms with E-state index in [0.29, 0.717) is 12.0 Å². The van der Waals surface area contributed by atoms with Crippen LogP contribution in [-0.2, 0) is 4.79 Å². The van der Waals surface area contributed by atoms with Crippen LogP contribution in [0.5, 0.6) is 0 Å². The first-order valence-corrected chi connectivity index (χ1v) is 7.45. The Morgan fingerprint density at radius 1 is 1.32 bits per heavy atom. The Morgan fingerprint density at radius 3 is 2.58 bits per heavy atom. The summed E-state index contributed by atoms with van der Waals surface area (Å²) in [6, 6.07) is 0.428. The number of hydrogen-bond acceptors (Lipinski definition) is 3. The number of nitrogens with one attached hydrogen (secondary N) is 2. The van der Waals surface area contributed by atoms with Crippen LogP contribution < -0.4 is 10.6 Å². The van der Waals surface area contributed by atoms with E-state index in [1.165, 1.54) is 6.42 Å². The lowest BCUT2D eigenvalue weighted by molar-refractivity contribution is -0.125. The van der Waals surface area contributed by atoms with Crippen molar-refractivity contribution in [3.05, 3.63) is 0 Å². The first kappa shape index (κ1) is 16.7. The molecule has 0 aromatic heterocycles. The zero-order valence-electron chi connectivity index (χ0n) is 12.2. The van der Waals surface area contributed by atoms with Crippen molar-refractivity contribution in [2.24, 2.45) is 5.92 Å². The number of carbonyl (C=O) groups excluding carboxylic acids is 1. The lowest BCUT2D eigenvalue weighted by Gasteiger charge is -2.33. The standard InChI is InChI=1S/C14H27N3O.ClH/c1-3-17-8-5-12(6-9-17)16-14(18)13-10-11(2)4-7-15-13;/h11-13,15H,3-10H2,1-2H3,(H,16,18);1H. The molecule has 0 aliphatic carbocycles. The van der Waals surface area contributed by atoms with Crippen molar-refractivity contribution in [3.63, 3.8) is 0 Å². The summed E-state index contributed by atoms with van der Waals surface area (Å²) in [5.74, 6) is 0.889. The number of likely N-dealkylation sites (tertiary alicyclic amines) is 1. The van der Waals surface area contributed by atoms with Crippen LogP contribution in [-0.4, -0.2) is 49.1 Å². The molecule has 2 rings (SSSR count). The maximum atomic E-state index is 12.2. The van der Waals surface area contributed by atoms with Gasteiger partial charge in [-0.1, -0.05) is 13.8 Å². The summed E-state index contributed by atoms with van der Waals surface area (Å²) in [7, 11) is 0. The summed E-state index contributed by atoms with van der Waals surface area (Å²) < 4.78 is 0. The average molecular weight is 290 g/mol. The van der Waals surface area contributed by atoms with E-state index in [0.717, 1.165) is 45.4 Å². The van der Waals surface area contributed by atoms with Crippen LogP contribution in [0.15, 0.2) is 0 Å². The lowest BCUT2D eigenvalue weighted by Crippen LogP contribution is -2.53. The molecular weight excluding hydrogens is 262 g/mol. The number of halogens is 1. The molecule has 4 nitrogen and oxygen atoms in total. The summed E-state index contributed by atoms with van der Waals surface area (Å²) in [5.41, 5.74) is 0. The highest BCUT2D eigenvalue weighted by molar-refractivity contribution is 5.85. The van der Waals surface area contributed by atoms with Crippen molar-refractivity contribution in [3.8, 4) is 0 Å². The molecule has 5 heteroatoms. The minimum Gasteiger partial charge on any atom is -0.352 e. The summed E-state index contributed by atoms with van der Waals surface area (Å²) in [6.07, 6.45) is 4.38. The molecule has 2 saturated heterocycles. The monoisotopic (exact) mass is 289 g/mol. The van der Waals surface area contributed by atoms with Crippen molar-refractivity contribution in [1.82, 2.24) is 15.5 Å². The highest BCUT2D eigenvalue weighted by Gasteiger charge is 2.27. The lowest BCUT2D eigenvalue weighted by atomic mass is 9.93. The third kappa shape index (κ3) is 4.93. The van der Waals surface area contributed by atoms with E-state index in [1.54, 1.807) is 0 Å². The van der Waals surface area contributed by atoms with Gasteiger partial charge in [0.25, 0.3) is 0 Å². The van der Waals surface area contributed by atoms with E-state index in [4.69, 9.17) is 0 Å². The maximum Gasteiger partial charge on any atom is 0.237 e. The molecular formula is C14H28ClN3O. The van der Waals surface area contributed by atoms with E-state index in [1.807, 2.05) is 0 Å². The van der Waals surface area contributed by atoms with Gasteiger partial charge in [-0.05, 0) is 44.7 Å². The zero-order valence-corrected chi connectivity index (χ0v) is 13.0. The quantitative estimate of drug-likeness (QED) is 0.825. The van der Waals surface area contributed by atoms with E-state index < -0.39 is 0 Å². The van der Waals surface area contributed by atoms with Gasteiger partial charge in [-0.15, -0.1) is 12.4 Å². The summed E-state index contributed by atoms with van der Waals surface area (Å²) >= 11 is 0. The third-order valence-corrected chi connectivity index (χ3v) is 4.36. The Kier molecular flexibility index (Phi) is 7.11. The molecule has 0 aromatic carbocycles. The number of amides is 1. The third-order valence-electron chi connectivity index (χ3n) is 4.36. The summed E-state index contributed by atoms with van der Waals surface area (Å²) in [6.45, 7) is 8.79. The molecule has 2 heterocycles. The Balaban J connectivity index is 0.00000180. The molecule has 2 aliphatic rings. The van der Waals surface area contributed by atoms with Crippen molar-refractivity contribution in [2.75, 3.05) is 26.2 Å². The van der Waals surface area contributed by atoms with Gasteiger partial charge in [-0.25, -0.2) is 0 Å². The molecule has 0 aromatic rings. The van der Waals surface area contributed by atoms with Gasteiger partial charge in [0.15, 0.2) is 0 Å². The highest BCUT2D eigenvalue weighted by Crippen LogP contribution is 2.16. The summed E-state index contributed by atoms with van der Waals surface area (Å²) in [5, 5.41) is 6.56. The van der Waals surface area contributed by atoms with E-state index >= 15 is 0 Å². The minimum atomic E-state index is 0. The second-order valence-corrected chi connectivity index (χ2v) is 5.85. The Hall–Kier alpha value is -0.320. The van der Waals surface area contributed by atoms with Crippen molar-refractivity contribution >= 4 is 18.3 Å². The van der Waals surface area contributed by atoms with Gasteiger partial charge in [0.1, 0.15) is 0 Å². The van der Waals surface area contributed by atoms with Crippen LogP contribution in [0.2, 0.25) is 0 Å². The van der Waals surface area contributed by atoms with Gasteiger partial charge in [0, 0.05) is 19.1 Å². The molecule has 112 valence electrons. The highest BCUT2D eigenvalue weighted by atomic mass is 35.5. The van der Waals surface area contributed by atoms with Crippen LogP contribution in [0.3, 0.4) is 0 Å². The number of hydrogen-bond donors (Lipinski definition) is 2. The topological polar surface area (TPSA) is 44.4 Å². The fourth-order valence-corrected chi connectivity index (χ4v) is 3.00. The van der Waals surface area contributed by atoms with Crippen molar-refractivity contribution < 1.29 is 4.79 Å². The second kappa shape index (κ2) is 8.08. The molecule has 2 atom stereocenters. The largest absolute Gasteiger partial charge is 0.352 e. The normalized spacial score (nSPS) is 29.6. The molecule has 2 fully saturated rings. The smallest absolute Gasteiger partial charge is 0.237 e. The number of piperidine rings is 2. The van der Waals surface area contributed by atoms with Crippen molar-refractivity contribution in [2.45, 2.75) is 51.6 Å². The molecule has 2 aliphatic heterocycles. The molecule has 0 bridgehead atoms. The molecule has 2 unspecified atom stereocenters. The number of rotatable bonds is 3. The molecule has 0 spiro atoms. The van der Waals surface area contributed by atoms with E-state index in [9.17, 15) is 4.79 Å². The average Bonchev–Trinajstić information content (AvgIpc) is 2.39. The minimum absolute atomic E-state index is 0. The fraction of sp³-hybridized carbons (Fsp3) is 0.929. The SMILES string of the molecule is CCN1CCC(NC(=O)C2CC(C)CCN2)CC1.Cl. The predicted molar refractivity (Wildman–Crippen MR) is 80.7 cm³/mol. The van der Waals surface area contributed by atoms with E-state index in [2.05, 4.69) is 29.4 Å². The van der Waals surface area contributed by atoms with Crippen LogP contribution >= 0.6 is 12.4 Å². The first-order chi connectivity index (χ1) is 8.69. The molecule has 1 amide bonds. The Labute approximate surface area is 123 Å². The van der Waals surface area contributed by atoms with E-state index in [-0.39, 0.29) is 24.4 Å². The van der Waals surface area contributed by atoms with Gasteiger partial charge in [0.05, 0.1) is 6.04 Å². The maximum absolute atomic E-state index is 12.2. The van der Waals surface area contributed by atoms with Crippen molar-refractivity contribution in [1.29, 1.82) is 0 Å². The van der Waals surface area contributed by atoms with Crippen LogP contribution in [0.25, 0.3) is 0 Å². The van der Waals surface area contributed by atoms with Gasteiger partial charge in [0.2, 0.25) is 5.91 Å². The number of nitrogens with zero attached hydrogens (tertiary/aromatic N) is 1. The Morgan fingerprint density at radius 2 is 2.00 bits per heavy atom. The van der Waals surface area contributed by atoms with Gasteiger partial charge >= 0.3 is 0 Å². The molecule has 0 radical (unpaired) electrons. The molecule has 2 N–H and O–H groups in total. The van der Waals surface area contributed by atoms with Crippen LogP contribution in [0.4, 0.5) is 0 Å². The second-order valence-electron chi connectivity index (χ2n) is 5.85.